The van der Waals surface area contributed by atoms with E-state index in [-0.39, 0.29) is 11.7 Å². The summed E-state index contributed by atoms with van der Waals surface area (Å²) in [6.45, 7) is 0.523. The predicted octanol–water partition coefficient (Wildman–Crippen LogP) is 4.00. The molecule has 0 bridgehead atoms. The fourth-order valence-corrected chi connectivity index (χ4v) is 2.54. The van der Waals surface area contributed by atoms with E-state index in [0.717, 1.165) is 0 Å². The number of rotatable bonds is 6. The number of nitriles is 1. The highest BCUT2D eigenvalue weighted by molar-refractivity contribution is 6.04. The lowest BCUT2D eigenvalue weighted by molar-refractivity contribution is 0.102. The number of hydrogen-bond acceptors (Lipinski definition) is 4. The van der Waals surface area contributed by atoms with Gasteiger partial charge in [-0.05, 0) is 42.3 Å². The van der Waals surface area contributed by atoms with Gasteiger partial charge in [-0.1, -0.05) is 30.3 Å². The van der Waals surface area contributed by atoms with Gasteiger partial charge in [0.2, 0.25) is 0 Å². The third-order valence-electron chi connectivity index (χ3n) is 3.98. The molecule has 0 aliphatic carbocycles. The minimum atomic E-state index is -0.344. The topological polar surface area (TPSA) is 77.8 Å². The van der Waals surface area contributed by atoms with E-state index in [9.17, 15) is 9.18 Å². The second kappa shape index (κ2) is 8.59. The third-order valence-corrected chi connectivity index (χ3v) is 3.98. The van der Waals surface area contributed by atoms with Crippen LogP contribution in [0.4, 0.5) is 15.9 Å². The van der Waals surface area contributed by atoms with E-state index in [2.05, 4.69) is 15.6 Å². The lowest BCUT2D eigenvalue weighted by Crippen LogP contribution is -2.14. The zero-order valence-corrected chi connectivity index (χ0v) is 14.4. The van der Waals surface area contributed by atoms with Crippen molar-refractivity contribution in [2.75, 3.05) is 17.2 Å². The average molecular weight is 360 g/mol. The van der Waals surface area contributed by atoms with Crippen molar-refractivity contribution in [1.29, 1.82) is 5.26 Å². The summed E-state index contributed by atoms with van der Waals surface area (Å²) in [4.78, 5) is 16.5. The van der Waals surface area contributed by atoms with Crippen molar-refractivity contribution in [1.82, 2.24) is 4.98 Å². The van der Waals surface area contributed by atoms with Crippen LogP contribution in [0.15, 0.2) is 66.9 Å². The lowest BCUT2D eigenvalue weighted by atomic mass is 10.1. The van der Waals surface area contributed by atoms with Gasteiger partial charge < -0.3 is 10.6 Å². The number of halogens is 1. The van der Waals surface area contributed by atoms with Gasteiger partial charge in [-0.3, -0.25) is 4.79 Å². The summed E-state index contributed by atoms with van der Waals surface area (Å²) >= 11 is 0. The van der Waals surface area contributed by atoms with Gasteiger partial charge >= 0.3 is 0 Å². The Hall–Kier alpha value is -3.72. The van der Waals surface area contributed by atoms with Crippen LogP contribution in [0.5, 0.6) is 0 Å². The monoisotopic (exact) mass is 360 g/mol. The average Bonchev–Trinajstić information content (AvgIpc) is 2.70. The van der Waals surface area contributed by atoms with E-state index in [1.165, 1.54) is 12.3 Å². The number of benzene rings is 2. The Labute approximate surface area is 156 Å². The third kappa shape index (κ3) is 4.67. The lowest BCUT2D eigenvalue weighted by Gasteiger charge is -2.09. The van der Waals surface area contributed by atoms with Gasteiger partial charge in [0.05, 0.1) is 16.8 Å². The van der Waals surface area contributed by atoms with Gasteiger partial charge in [-0.15, -0.1) is 0 Å². The molecule has 0 fully saturated rings. The van der Waals surface area contributed by atoms with Crippen molar-refractivity contribution in [2.24, 2.45) is 0 Å². The van der Waals surface area contributed by atoms with Gasteiger partial charge in [-0.25, -0.2) is 9.37 Å². The number of carbonyl (C=O) groups is 1. The van der Waals surface area contributed by atoms with Crippen molar-refractivity contribution in [3.8, 4) is 6.07 Å². The maximum absolute atomic E-state index is 13.6. The van der Waals surface area contributed by atoms with Gasteiger partial charge in [0.1, 0.15) is 17.7 Å². The molecule has 0 spiro atoms. The summed E-state index contributed by atoms with van der Waals surface area (Å²) in [6.07, 6.45) is 1.98. The first-order chi connectivity index (χ1) is 13.2. The SMILES string of the molecule is N#Cc1ccccc1NC(=O)c1ccc(NCCc2ccccc2F)nc1. The molecule has 134 valence electrons. The molecular weight excluding hydrogens is 343 g/mol. The zero-order chi connectivity index (χ0) is 19.1. The van der Waals surface area contributed by atoms with Crippen molar-refractivity contribution < 1.29 is 9.18 Å². The quantitative estimate of drug-likeness (QED) is 0.696. The van der Waals surface area contributed by atoms with Crippen LogP contribution < -0.4 is 10.6 Å². The predicted molar refractivity (Wildman–Crippen MR) is 102 cm³/mol. The molecule has 1 aromatic heterocycles. The Morgan fingerprint density at radius 2 is 1.85 bits per heavy atom. The van der Waals surface area contributed by atoms with Crippen LogP contribution in [0, 0.1) is 17.1 Å². The smallest absolute Gasteiger partial charge is 0.257 e. The number of hydrogen-bond donors (Lipinski definition) is 2. The first-order valence-corrected chi connectivity index (χ1v) is 8.41. The van der Waals surface area contributed by atoms with Crippen LogP contribution in [0.1, 0.15) is 21.5 Å². The number of nitrogens with zero attached hydrogens (tertiary/aromatic N) is 2. The first kappa shape index (κ1) is 18.1. The number of amides is 1. The normalized spacial score (nSPS) is 10.1. The van der Waals surface area contributed by atoms with Crippen LogP contribution in [0.3, 0.4) is 0 Å². The van der Waals surface area contributed by atoms with Crippen molar-refractivity contribution in [2.45, 2.75) is 6.42 Å². The minimum absolute atomic E-state index is 0.225. The maximum Gasteiger partial charge on any atom is 0.257 e. The molecule has 0 saturated heterocycles. The van der Waals surface area contributed by atoms with Crippen molar-refractivity contribution in [3.63, 3.8) is 0 Å². The molecule has 3 rings (SSSR count). The maximum atomic E-state index is 13.6. The van der Waals surface area contributed by atoms with E-state index in [4.69, 9.17) is 5.26 Å². The van der Waals surface area contributed by atoms with Crippen molar-refractivity contribution in [3.05, 3.63) is 89.4 Å². The molecule has 0 saturated carbocycles. The highest BCUT2D eigenvalue weighted by Crippen LogP contribution is 2.15. The molecule has 2 aromatic carbocycles. The Morgan fingerprint density at radius 1 is 1.07 bits per heavy atom. The molecule has 2 N–H and O–H groups in total. The molecule has 0 aliphatic rings. The molecule has 0 unspecified atom stereocenters. The highest BCUT2D eigenvalue weighted by atomic mass is 19.1. The van der Waals surface area contributed by atoms with Gasteiger partial charge in [0.25, 0.3) is 5.91 Å². The zero-order valence-electron chi connectivity index (χ0n) is 14.4. The number of pyridine rings is 1. The summed E-state index contributed by atoms with van der Waals surface area (Å²) < 4.78 is 13.6. The van der Waals surface area contributed by atoms with Crippen molar-refractivity contribution >= 4 is 17.4 Å². The molecule has 27 heavy (non-hydrogen) atoms. The summed E-state index contributed by atoms with van der Waals surface area (Å²) in [6, 6.07) is 18.8. The van der Waals surface area contributed by atoms with Gasteiger partial charge in [0, 0.05) is 12.7 Å². The second-order valence-corrected chi connectivity index (χ2v) is 5.81. The van der Waals surface area contributed by atoms with E-state index >= 15 is 0 Å². The van der Waals surface area contributed by atoms with Crippen LogP contribution >= 0.6 is 0 Å². The van der Waals surface area contributed by atoms with E-state index in [1.807, 2.05) is 6.07 Å². The largest absolute Gasteiger partial charge is 0.370 e. The molecule has 0 atom stereocenters. The fourth-order valence-electron chi connectivity index (χ4n) is 2.54. The Morgan fingerprint density at radius 3 is 2.59 bits per heavy atom. The summed E-state index contributed by atoms with van der Waals surface area (Å²) in [5.74, 6) is 0.0281. The molecule has 1 amide bonds. The standard InChI is InChI=1S/C21H17FN4O/c22-18-7-3-1-5-15(18)11-12-24-20-10-9-17(14-25-20)21(27)26-19-8-4-2-6-16(19)13-23/h1-10,14H,11-12H2,(H,24,25)(H,26,27). The Bertz CT molecular complexity index is 980. The van der Waals surface area contributed by atoms with Gasteiger partial charge in [0.15, 0.2) is 0 Å². The molecule has 5 nitrogen and oxygen atoms in total. The molecular formula is C21H17FN4O. The highest BCUT2D eigenvalue weighted by Gasteiger charge is 2.09. The van der Waals surface area contributed by atoms with Crippen LogP contribution in [0.2, 0.25) is 0 Å². The minimum Gasteiger partial charge on any atom is -0.370 e. The number of nitrogens with one attached hydrogen (secondary N) is 2. The van der Waals surface area contributed by atoms with Crippen LogP contribution in [-0.4, -0.2) is 17.4 Å². The van der Waals surface area contributed by atoms with E-state index in [1.54, 1.807) is 54.6 Å². The van der Waals surface area contributed by atoms with Crippen LogP contribution in [-0.2, 0) is 6.42 Å². The van der Waals surface area contributed by atoms with E-state index < -0.39 is 0 Å². The second-order valence-electron chi connectivity index (χ2n) is 5.81. The molecule has 0 radical (unpaired) electrons. The number of anilines is 2. The molecule has 1 heterocycles. The molecule has 6 heteroatoms. The van der Waals surface area contributed by atoms with Crippen LogP contribution in [0.25, 0.3) is 0 Å². The Kier molecular flexibility index (Phi) is 5.75. The van der Waals surface area contributed by atoms with Gasteiger partial charge in [-0.2, -0.15) is 5.26 Å². The van der Waals surface area contributed by atoms with E-state index in [0.29, 0.717) is 41.2 Å². The Balaban J connectivity index is 1.57. The number of carbonyl (C=O) groups excluding carboxylic acids is 1. The summed E-state index contributed by atoms with van der Waals surface area (Å²) in [5.41, 5.74) is 1.86. The first-order valence-electron chi connectivity index (χ1n) is 8.41. The number of para-hydroxylation sites is 1. The summed E-state index contributed by atoms with van der Waals surface area (Å²) in [5, 5.41) is 14.9. The molecule has 0 aliphatic heterocycles. The summed E-state index contributed by atoms with van der Waals surface area (Å²) in [7, 11) is 0. The fraction of sp³-hybridized carbons (Fsp3) is 0.0952. The molecule has 3 aromatic rings. The number of aromatic nitrogens is 1.